The fourth-order valence-corrected chi connectivity index (χ4v) is 1.92. The van der Waals surface area contributed by atoms with E-state index in [0.29, 0.717) is 6.61 Å². The van der Waals surface area contributed by atoms with Gasteiger partial charge in [0.1, 0.15) is 12.2 Å². The molecule has 0 fully saturated rings. The van der Waals surface area contributed by atoms with Crippen LogP contribution < -0.4 is 0 Å². The zero-order chi connectivity index (χ0) is 12.0. The summed E-state index contributed by atoms with van der Waals surface area (Å²) in [5.74, 6) is -0.557. The summed E-state index contributed by atoms with van der Waals surface area (Å²) in [6, 6.07) is 7.67. The SMILES string of the molecule is CCOC(=O)CC(=O)Cc1cccc(I)c1. The van der Waals surface area contributed by atoms with Gasteiger partial charge in [0.2, 0.25) is 0 Å². The van der Waals surface area contributed by atoms with Crippen LogP contribution in [-0.4, -0.2) is 18.4 Å². The Morgan fingerprint density at radius 2 is 2.12 bits per heavy atom. The third-order valence-corrected chi connectivity index (χ3v) is 2.61. The number of rotatable bonds is 5. The Morgan fingerprint density at radius 1 is 1.38 bits per heavy atom. The highest BCUT2D eigenvalue weighted by Gasteiger charge is 2.10. The highest BCUT2D eigenvalue weighted by molar-refractivity contribution is 14.1. The van der Waals surface area contributed by atoms with Gasteiger partial charge < -0.3 is 4.74 Å². The van der Waals surface area contributed by atoms with Crippen molar-refractivity contribution in [1.29, 1.82) is 0 Å². The molecule has 0 aliphatic rings. The standard InChI is InChI=1S/C12H13IO3/c1-2-16-12(15)8-11(14)7-9-4-3-5-10(13)6-9/h3-6H,2,7-8H2,1H3. The first kappa shape index (κ1) is 13.2. The molecule has 0 aliphatic carbocycles. The Bertz CT molecular complexity index is 388. The number of benzene rings is 1. The summed E-state index contributed by atoms with van der Waals surface area (Å²) in [7, 11) is 0. The largest absolute Gasteiger partial charge is 0.466 e. The van der Waals surface area contributed by atoms with Crippen LogP contribution >= 0.6 is 22.6 Å². The normalized spacial score (nSPS) is 9.88. The minimum atomic E-state index is -0.446. The number of hydrogen-bond acceptors (Lipinski definition) is 3. The Kier molecular flexibility index (Phi) is 5.45. The van der Waals surface area contributed by atoms with Crippen LogP contribution in [0, 0.1) is 3.57 Å². The molecule has 0 amide bonds. The number of carbonyl (C=O) groups excluding carboxylic acids is 2. The first-order valence-electron chi connectivity index (χ1n) is 5.03. The van der Waals surface area contributed by atoms with Gasteiger partial charge in [-0.25, -0.2) is 0 Å². The molecule has 0 unspecified atom stereocenters. The summed E-state index contributed by atoms with van der Waals surface area (Å²) in [6.45, 7) is 2.04. The second-order valence-electron chi connectivity index (χ2n) is 3.33. The molecular formula is C12H13IO3. The minimum absolute atomic E-state index is 0.111. The molecule has 0 spiro atoms. The molecule has 4 heteroatoms. The van der Waals surface area contributed by atoms with Gasteiger partial charge in [-0.1, -0.05) is 12.1 Å². The summed E-state index contributed by atoms with van der Waals surface area (Å²) in [4.78, 5) is 22.6. The smallest absolute Gasteiger partial charge is 0.313 e. The monoisotopic (exact) mass is 332 g/mol. The van der Waals surface area contributed by atoms with E-state index in [4.69, 9.17) is 4.74 Å². The van der Waals surface area contributed by atoms with E-state index in [9.17, 15) is 9.59 Å². The fraction of sp³-hybridized carbons (Fsp3) is 0.333. The van der Waals surface area contributed by atoms with Crippen molar-refractivity contribution in [3.8, 4) is 0 Å². The van der Waals surface area contributed by atoms with Crippen molar-refractivity contribution in [1.82, 2.24) is 0 Å². The van der Waals surface area contributed by atoms with E-state index < -0.39 is 5.97 Å². The van der Waals surface area contributed by atoms with E-state index in [1.807, 2.05) is 24.3 Å². The first-order valence-corrected chi connectivity index (χ1v) is 6.11. The molecule has 0 bridgehead atoms. The van der Waals surface area contributed by atoms with Gasteiger partial charge >= 0.3 is 5.97 Å². The Hall–Kier alpha value is -0.910. The van der Waals surface area contributed by atoms with Gasteiger partial charge in [-0.2, -0.15) is 0 Å². The highest BCUT2D eigenvalue weighted by atomic mass is 127. The van der Waals surface area contributed by atoms with Gasteiger partial charge in [-0.05, 0) is 47.2 Å². The van der Waals surface area contributed by atoms with Gasteiger partial charge in [-0.15, -0.1) is 0 Å². The van der Waals surface area contributed by atoms with E-state index in [0.717, 1.165) is 9.13 Å². The Morgan fingerprint density at radius 3 is 2.75 bits per heavy atom. The number of ketones is 1. The molecule has 1 aromatic rings. The van der Waals surface area contributed by atoms with Crippen molar-refractivity contribution in [2.75, 3.05) is 6.61 Å². The van der Waals surface area contributed by atoms with Crippen molar-refractivity contribution >= 4 is 34.3 Å². The lowest BCUT2D eigenvalue weighted by Crippen LogP contribution is -2.13. The van der Waals surface area contributed by atoms with Gasteiger partial charge in [0.15, 0.2) is 0 Å². The lowest BCUT2D eigenvalue weighted by molar-refractivity contribution is -0.145. The van der Waals surface area contributed by atoms with Gasteiger partial charge in [0.25, 0.3) is 0 Å². The molecule has 86 valence electrons. The fourth-order valence-electron chi connectivity index (χ4n) is 1.31. The molecule has 16 heavy (non-hydrogen) atoms. The third-order valence-electron chi connectivity index (χ3n) is 1.94. The summed E-state index contributed by atoms with van der Waals surface area (Å²) < 4.78 is 5.80. The molecule has 0 aliphatic heterocycles. The average Bonchev–Trinajstić information content (AvgIpc) is 2.17. The number of Topliss-reactive ketones (excluding diaryl/α,β-unsaturated/α-hetero) is 1. The van der Waals surface area contributed by atoms with Gasteiger partial charge in [-0.3, -0.25) is 9.59 Å². The van der Waals surface area contributed by atoms with Crippen molar-refractivity contribution in [3.05, 3.63) is 33.4 Å². The van der Waals surface area contributed by atoms with E-state index >= 15 is 0 Å². The average molecular weight is 332 g/mol. The van der Waals surface area contributed by atoms with Crippen molar-refractivity contribution < 1.29 is 14.3 Å². The maximum absolute atomic E-state index is 11.5. The predicted molar refractivity (Wildman–Crippen MR) is 69.1 cm³/mol. The molecule has 0 saturated carbocycles. The number of ether oxygens (including phenoxy) is 1. The number of carbonyl (C=O) groups is 2. The number of hydrogen-bond donors (Lipinski definition) is 0. The number of halogens is 1. The van der Waals surface area contributed by atoms with E-state index in [1.165, 1.54) is 0 Å². The van der Waals surface area contributed by atoms with Crippen LogP contribution in [0.25, 0.3) is 0 Å². The summed E-state index contributed by atoms with van der Waals surface area (Å²) in [5.41, 5.74) is 0.932. The summed E-state index contributed by atoms with van der Waals surface area (Å²) in [5, 5.41) is 0. The highest BCUT2D eigenvalue weighted by Crippen LogP contribution is 2.09. The van der Waals surface area contributed by atoms with Crippen molar-refractivity contribution in [2.45, 2.75) is 19.8 Å². The molecule has 0 atom stereocenters. The molecule has 1 rings (SSSR count). The zero-order valence-corrected chi connectivity index (χ0v) is 11.2. The van der Waals surface area contributed by atoms with Crippen LogP contribution in [0.3, 0.4) is 0 Å². The summed E-state index contributed by atoms with van der Waals surface area (Å²) >= 11 is 2.19. The van der Waals surface area contributed by atoms with Crippen LogP contribution in [0.15, 0.2) is 24.3 Å². The molecule has 0 heterocycles. The third kappa shape index (κ3) is 4.74. The van der Waals surface area contributed by atoms with E-state index in [2.05, 4.69) is 22.6 Å². The topological polar surface area (TPSA) is 43.4 Å². The second kappa shape index (κ2) is 6.62. The Labute approximate surface area is 108 Å². The van der Waals surface area contributed by atoms with Gasteiger partial charge in [0.05, 0.1) is 6.61 Å². The molecule has 0 N–H and O–H groups in total. The zero-order valence-electron chi connectivity index (χ0n) is 9.03. The maximum Gasteiger partial charge on any atom is 0.313 e. The van der Waals surface area contributed by atoms with Gasteiger partial charge in [0, 0.05) is 9.99 Å². The van der Waals surface area contributed by atoms with Crippen LogP contribution in [0.4, 0.5) is 0 Å². The van der Waals surface area contributed by atoms with Crippen LogP contribution in [-0.2, 0) is 20.7 Å². The van der Waals surface area contributed by atoms with Crippen molar-refractivity contribution in [2.24, 2.45) is 0 Å². The van der Waals surface area contributed by atoms with Crippen molar-refractivity contribution in [3.63, 3.8) is 0 Å². The molecule has 0 saturated heterocycles. The molecular weight excluding hydrogens is 319 g/mol. The summed E-state index contributed by atoms with van der Waals surface area (Å²) in [6.07, 6.45) is 0.148. The van der Waals surface area contributed by atoms with E-state index in [1.54, 1.807) is 6.92 Å². The molecule has 3 nitrogen and oxygen atoms in total. The minimum Gasteiger partial charge on any atom is -0.466 e. The molecule has 1 aromatic carbocycles. The molecule has 0 aromatic heterocycles. The van der Waals surface area contributed by atoms with Crippen LogP contribution in [0.5, 0.6) is 0 Å². The van der Waals surface area contributed by atoms with Crippen LogP contribution in [0.2, 0.25) is 0 Å². The Balaban J connectivity index is 2.48. The molecule has 0 radical (unpaired) electrons. The maximum atomic E-state index is 11.5. The number of esters is 1. The second-order valence-corrected chi connectivity index (χ2v) is 4.57. The predicted octanol–water partition coefficient (Wildman–Crippen LogP) is 2.36. The quantitative estimate of drug-likeness (QED) is 0.472. The lowest BCUT2D eigenvalue weighted by Gasteiger charge is -2.02. The van der Waals surface area contributed by atoms with E-state index in [-0.39, 0.29) is 18.6 Å². The first-order chi connectivity index (χ1) is 7.61. The van der Waals surface area contributed by atoms with Crippen LogP contribution in [0.1, 0.15) is 18.9 Å². The lowest BCUT2D eigenvalue weighted by atomic mass is 10.1.